The van der Waals surface area contributed by atoms with Gasteiger partial charge in [0.1, 0.15) is 5.76 Å². The Labute approximate surface area is 111 Å². The highest BCUT2D eigenvalue weighted by molar-refractivity contribution is 5.44. The summed E-state index contributed by atoms with van der Waals surface area (Å²) < 4.78 is 16.1. The minimum absolute atomic E-state index is 0.307. The zero-order valence-electron chi connectivity index (χ0n) is 11.0. The Balaban J connectivity index is 1.57. The van der Waals surface area contributed by atoms with Gasteiger partial charge in [-0.15, -0.1) is 0 Å². The second kappa shape index (κ2) is 4.93. The summed E-state index contributed by atoms with van der Waals surface area (Å²) >= 11 is 0. The van der Waals surface area contributed by atoms with Crippen molar-refractivity contribution in [1.82, 2.24) is 10.3 Å². The molecule has 1 aromatic heterocycles. The molecule has 1 aromatic carbocycles. The van der Waals surface area contributed by atoms with Crippen LogP contribution in [0.4, 0.5) is 0 Å². The van der Waals surface area contributed by atoms with Crippen molar-refractivity contribution in [3.8, 4) is 11.5 Å². The summed E-state index contributed by atoms with van der Waals surface area (Å²) in [6.45, 7) is 5.52. The second-order valence-corrected chi connectivity index (χ2v) is 4.54. The number of nitrogens with zero attached hydrogens (tertiary/aromatic N) is 1. The first-order valence-electron chi connectivity index (χ1n) is 6.24. The monoisotopic (exact) mass is 260 g/mol. The van der Waals surface area contributed by atoms with Crippen LogP contribution in [0.15, 0.2) is 22.6 Å². The van der Waals surface area contributed by atoms with Gasteiger partial charge in [0.05, 0.1) is 12.2 Å². The number of aromatic nitrogens is 1. The van der Waals surface area contributed by atoms with Crippen molar-refractivity contribution in [2.24, 2.45) is 0 Å². The van der Waals surface area contributed by atoms with E-state index in [0.717, 1.165) is 41.0 Å². The van der Waals surface area contributed by atoms with Gasteiger partial charge in [-0.1, -0.05) is 6.07 Å². The molecular formula is C14H16N2O3. The fourth-order valence-corrected chi connectivity index (χ4v) is 1.98. The largest absolute Gasteiger partial charge is 0.454 e. The van der Waals surface area contributed by atoms with Gasteiger partial charge in [-0.25, -0.2) is 4.98 Å². The second-order valence-electron chi connectivity index (χ2n) is 4.54. The summed E-state index contributed by atoms with van der Waals surface area (Å²) in [7, 11) is 0. The van der Waals surface area contributed by atoms with Crippen LogP contribution in [-0.2, 0) is 13.1 Å². The maximum absolute atomic E-state index is 5.51. The van der Waals surface area contributed by atoms with Crippen molar-refractivity contribution in [3.05, 3.63) is 41.1 Å². The molecule has 0 saturated carbocycles. The van der Waals surface area contributed by atoms with Crippen LogP contribution in [0.3, 0.4) is 0 Å². The van der Waals surface area contributed by atoms with Gasteiger partial charge in [-0.2, -0.15) is 0 Å². The van der Waals surface area contributed by atoms with Gasteiger partial charge in [-0.3, -0.25) is 0 Å². The van der Waals surface area contributed by atoms with Gasteiger partial charge < -0.3 is 19.2 Å². The molecule has 2 heterocycles. The molecule has 1 N–H and O–H groups in total. The third-order valence-corrected chi connectivity index (χ3v) is 3.12. The highest BCUT2D eigenvalue weighted by Crippen LogP contribution is 2.32. The first-order valence-corrected chi connectivity index (χ1v) is 6.24. The minimum atomic E-state index is 0.307. The van der Waals surface area contributed by atoms with Crippen LogP contribution in [-0.4, -0.2) is 11.8 Å². The lowest BCUT2D eigenvalue weighted by Gasteiger charge is -2.03. The van der Waals surface area contributed by atoms with E-state index in [9.17, 15) is 0 Å². The molecule has 1 aliphatic rings. The van der Waals surface area contributed by atoms with Crippen molar-refractivity contribution in [1.29, 1.82) is 0 Å². The van der Waals surface area contributed by atoms with Crippen LogP contribution in [0.1, 0.15) is 22.9 Å². The number of rotatable bonds is 4. The third-order valence-electron chi connectivity index (χ3n) is 3.12. The number of hydrogen-bond acceptors (Lipinski definition) is 5. The maximum Gasteiger partial charge on any atom is 0.231 e. The molecule has 0 amide bonds. The Morgan fingerprint density at radius 3 is 2.79 bits per heavy atom. The average Bonchev–Trinajstić information content (AvgIpc) is 2.96. The number of hydrogen-bond donors (Lipinski definition) is 1. The lowest BCUT2D eigenvalue weighted by molar-refractivity contribution is 0.174. The van der Waals surface area contributed by atoms with Gasteiger partial charge in [0, 0.05) is 6.54 Å². The van der Waals surface area contributed by atoms with Crippen LogP contribution in [0.5, 0.6) is 11.5 Å². The predicted octanol–water partition coefficient (Wildman–Crippen LogP) is 2.31. The summed E-state index contributed by atoms with van der Waals surface area (Å²) in [5.41, 5.74) is 2.09. The normalized spacial score (nSPS) is 12.9. The van der Waals surface area contributed by atoms with Gasteiger partial charge in [0.15, 0.2) is 11.5 Å². The maximum atomic E-state index is 5.51. The molecule has 0 unspecified atom stereocenters. The molecule has 0 saturated heterocycles. The van der Waals surface area contributed by atoms with E-state index in [1.54, 1.807) is 0 Å². The molecule has 1 aliphatic heterocycles. The lowest BCUT2D eigenvalue weighted by Crippen LogP contribution is -2.12. The summed E-state index contributed by atoms with van der Waals surface area (Å²) in [6.07, 6.45) is 0. The van der Waals surface area contributed by atoms with Gasteiger partial charge in [-0.05, 0) is 31.5 Å². The number of oxazole rings is 1. The van der Waals surface area contributed by atoms with Gasteiger partial charge >= 0.3 is 0 Å². The summed E-state index contributed by atoms with van der Waals surface area (Å²) in [6, 6.07) is 5.94. The van der Waals surface area contributed by atoms with E-state index in [4.69, 9.17) is 13.9 Å². The van der Waals surface area contributed by atoms with E-state index in [1.807, 2.05) is 32.0 Å². The van der Waals surface area contributed by atoms with Crippen molar-refractivity contribution in [2.45, 2.75) is 26.9 Å². The third kappa shape index (κ3) is 2.56. The minimum Gasteiger partial charge on any atom is -0.454 e. The molecule has 19 heavy (non-hydrogen) atoms. The molecule has 5 heteroatoms. The molecule has 0 aliphatic carbocycles. The fraction of sp³-hybridized carbons (Fsp3) is 0.357. The van der Waals surface area contributed by atoms with E-state index in [2.05, 4.69) is 10.3 Å². The summed E-state index contributed by atoms with van der Waals surface area (Å²) in [5.74, 6) is 3.21. The molecule has 0 spiro atoms. The Morgan fingerprint density at radius 2 is 2.00 bits per heavy atom. The molecule has 2 aromatic rings. The molecule has 100 valence electrons. The zero-order valence-corrected chi connectivity index (χ0v) is 11.0. The quantitative estimate of drug-likeness (QED) is 0.914. The van der Waals surface area contributed by atoms with E-state index in [-0.39, 0.29) is 0 Å². The fourth-order valence-electron chi connectivity index (χ4n) is 1.98. The van der Waals surface area contributed by atoms with E-state index in [0.29, 0.717) is 13.3 Å². The molecule has 0 atom stereocenters. The molecule has 0 radical (unpaired) electrons. The zero-order chi connectivity index (χ0) is 13.2. The van der Waals surface area contributed by atoms with E-state index in [1.165, 1.54) is 0 Å². The highest BCUT2D eigenvalue weighted by Gasteiger charge is 2.13. The molecule has 0 bridgehead atoms. The SMILES string of the molecule is Cc1nc(CNCc2ccc3c(c2)OCO3)oc1C. The molecule has 3 rings (SSSR count). The standard InChI is InChI=1S/C14H16N2O3/c1-9-10(2)19-14(16-9)7-15-6-11-3-4-12-13(5-11)18-8-17-12/h3-5,15H,6-8H2,1-2H3. The summed E-state index contributed by atoms with van der Waals surface area (Å²) in [4.78, 5) is 4.33. The molecular weight excluding hydrogens is 244 g/mol. The lowest BCUT2D eigenvalue weighted by atomic mass is 10.2. The van der Waals surface area contributed by atoms with Gasteiger partial charge in [0.2, 0.25) is 12.7 Å². The number of aryl methyl sites for hydroxylation is 2. The van der Waals surface area contributed by atoms with Crippen molar-refractivity contribution < 1.29 is 13.9 Å². The van der Waals surface area contributed by atoms with Crippen molar-refractivity contribution in [3.63, 3.8) is 0 Å². The van der Waals surface area contributed by atoms with E-state index >= 15 is 0 Å². The first kappa shape index (κ1) is 12.0. The first-order chi connectivity index (χ1) is 9.22. The van der Waals surface area contributed by atoms with Crippen LogP contribution < -0.4 is 14.8 Å². The Kier molecular flexibility index (Phi) is 3.13. The molecule has 5 nitrogen and oxygen atoms in total. The summed E-state index contributed by atoms with van der Waals surface area (Å²) in [5, 5.41) is 3.30. The number of ether oxygens (including phenoxy) is 2. The van der Waals surface area contributed by atoms with E-state index < -0.39 is 0 Å². The average molecular weight is 260 g/mol. The predicted molar refractivity (Wildman–Crippen MR) is 69.1 cm³/mol. The smallest absolute Gasteiger partial charge is 0.231 e. The highest BCUT2D eigenvalue weighted by atomic mass is 16.7. The van der Waals surface area contributed by atoms with Crippen LogP contribution in [0.25, 0.3) is 0 Å². The Hall–Kier alpha value is -2.01. The molecule has 0 fully saturated rings. The van der Waals surface area contributed by atoms with Crippen LogP contribution in [0, 0.1) is 13.8 Å². The topological polar surface area (TPSA) is 56.5 Å². The van der Waals surface area contributed by atoms with Crippen LogP contribution in [0.2, 0.25) is 0 Å². The number of nitrogens with one attached hydrogen (secondary N) is 1. The van der Waals surface area contributed by atoms with Gasteiger partial charge in [0.25, 0.3) is 0 Å². The van der Waals surface area contributed by atoms with Crippen LogP contribution >= 0.6 is 0 Å². The number of benzene rings is 1. The Morgan fingerprint density at radius 1 is 1.16 bits per heavy atom. The van der Waals surface area contributed by atoms with Crippen molar-refractivity contribution in [2.75, 3.05) is 6.79 Å². The number of fused-ring (bicyclic) bond motifs is 1. The van der Waals surface area contributed by atoms with Crippen molar-refractivity contribution >= 4 is 0 Å². The Bertz CT molecular complexity index is 573.